The van der Waals surface area contributed by atoms with Crippen LogP contribution in [-0.2, 0) is 6.54 Å². The fourth-order valence-corrected chi connectivity index (χ4v) is 2.26. The van der Waals surface area contributed by atoms with Crippen LogP contribution in [0.1, 0.15) is 27.2 Å². The van der Waals surface area contributed by atoms with Gasteiger partial charge < -0.3 is 15.2 Å². The van der Waals surface area contributed by atoms with Crippen molar-refractivity contribution >= 4 is 41.0 Å². The molecule has 2 aromatic rings. The molecule has 2 rings (SSSR count). The summed E-state index contributed by atoms with van der Waals surface area (Å²) in [5.41, 5.74) is 2.25. The minimum Gasteiger partial charge on any atom is -0.357 e. The molecule has 0 fully saturated rings. The highest BCUT2D eigenvalue weighted by Gasteiger charge is 2.02. The zero-order chi connectivity index (χ0) is 15.8. The third-order valence-electron chi connectivity index (χ3n) is 3.35. The first-order valence-corrected chi connectivity index (χ1v) is 8.12. The second-order valence-electron chi connectivity index (χ2n) is 5.82. The zero-order valence-electron chi connectivity index (χ0n) is 14.2. The normalized spacial score (nSPS) is 11.6. The second kappa shape index (κ2) is 10.5. The Morgan fingerprint density at radius 2 is 2.04 bits per heavy atom. The fourth-order valence-electron chi connectivity index (χ4n) is 2.26. The number of benzene rings is 1. The molecule has 0 radical (unpaired) electrons. The topological polar surface area (TPSA) is 54.2 Å². The highest BCUT2D eigenvalue weighted by Crippen LogP contribution is 2.11. The van der Waals surface area contributed by atoms with E-state index >= 15 is 0 Å². The Morgan fingerprint density at radius 1 is 1.26 bits per heavy atom. The van der Waals surface area contributed by atoms with E-state index in [-0.39, 0.29) is 24.0 Å². The van der Waals surface area contributed by atoms with Crippen LogP contribution in [0.5, 0.6) is 0 Å². The number of rotatable bonds is 7. The van der Waals surface area contributed by atoms with Gasteiger partial charge in [-0.05, 0) is 31.4 Å². The number of para-hydroxylation sites is 2. The third-order valence-corrected chi connectivity index (χ3v) is 3.35. The standard InChI is InChI=1S/C17H27N5.HI/c1-4-18-17(20-12-14(2)3)19-10-7-11-22-13-21-15-8-5-6-9-16(15)22;/h5-6,8-9,13-14H,4,7,10-12H2,1-3H3,(H2,18,19,20);1H. The van der Waals surface area contributed by atoms with Crippen molar-refractivity contribution in [1.29, 1.82) is 0 Å². The summed E-state index contributed by atoms with van der Waals surface area (Å²) in [4.78, 5) is 8.99. The van der Waals surface area contributed by atoms with Gasteiger partial charge in [0.1, 0.15) is 0 Å². The van der Waals surface area contributed by atoms with E-state index in [0.717, 1.165) is 44.1 Å². The van der Waals surface area contributed by atoms with Gasteiger partial charge in [0.2, 0.25) is 0 Å². The molecule has 0 atom stereocenters. The Labute approximate surface area is 156 Å². The van der Waals surface area contributed by atoms with Gasteiger partial charge in [-0.1, -0.05) is 26.0 Å². The van der Waals surface area contributed by atoms with E-state index in [2.05, 4.69) is 58.1 Å². The molecule has 0 bridgehead atoms. The molecule has 2 N–H and O–H groups in total. The monoisotopic (exact) mass is 429 g/mol. The Morgan fingerprint density at radius 3 is 2.78 bits per heavy atom. The van der Waals surface area contributed by atoms with Crippen molar-refractivity contribution in [3.8, 4) is 0 Å². The van der Waals surface area contributed by atoms with Crippen molar-refractivity contribution in [2.45, 2.75) is 33.7 Å². The van der Waals surface area contributed by atoms with Crippen LogP contribution in [0.25, 0.3) is 11.0 Å². The van der Waals surface area contributed by atoms with Gasteiger partial charge in [0, 0.05) is 26.2 Å². The number of fused-ring (bicyclic) bond motifs is 1. The zero-order valence-corrected chi connectivity index (χ0v) is 16.6. The molecule has 1 aromatic heterocycles. The van der Waals surface area contributed by atoms with Gasteiger partial charge in [-0.25, -0.2) is 4.98 Å². The molecular weight excluding hydrogens is 401 g/mol. The summed E-state index contributed by atoms with van der Waals surface area (Å²) < 4.78 is 2.20. The number of aryl methyl sites for hydroxylation is 1. The highest BCUT2D eigenvalue weighted by molar-refractivity contribution is 14.0. The number of imidazole rings is 1. The molecule has 0 amide bonds. The van der Waals surface area contributed by atoms with Crippen LogP contribution in [0.3, 0.4) is 0 Å². The Kier molecular flexibility index (Phi) is 8.98. The molecule has 0 unspecified atom stereocenters. The lowest BCUT2D eigenvalue weighted by Gasteiger charge is -2.12. The quantitative estimate of drug-likeness (QED) is 0.308. The van der Waals surface area contributed by atoms with Crippen LogP contribution in [0, 0.1) is 5.92 Å². The predicted octanol–water partition coefficient (Wildman–Crippen LogP) is 3.26. The molecule has 128 valence electrons. The van der Waals surface area contributed by atoms with Gasteiger partial charge >= 0.3 is 0 Å². The number of nitrogens with one attached hydrogen (secondary N) is 2. The average molecular weight is 429 g/mol. The third kappa shape index (κ3) is 6.37. The fraction of sp³-hybridized carbons (Fsp3) is 0.529. The average Bonchev–Trinajstić information content (AvgIpc) is 2.92. The maximum absolute atomic E-state index is 4.57. The largest absolute Gasteiger partial charge is 0.357 e. The van der Waals surface area contributed by atoms with Crippen molar-refractivity contribution in [3.05, 3.63) is 30.6 Å². The molecule has 0 saturated carbocycles. The maximum Gasteiger partial charge on any atom is 0.191 e. The predicted molar refractivity (Wildman–Crippen MR) is 109 cm³/mol. The molecular formula is C17H28IN5. The molecule has 1 aromatic carbocycles. The highest BCUT2D eigenvalue weighted by atomic mass is 127. The molecule has 0 spiro atoms. The molecule has 0 saturated heterocycles. The molecule has 0 aliphatic heterocycles. The number of guanidine groups is 1. The van der Waals surface area contributed by atoms with E-state index in [1.807, 2.05) is 18.5 Å². The van der Waals surface area contributed by atoms with Crippen molar-refractivity contribution in [2.24, 2.45) is 10.9 Å². The van der Waals surface area contributed by atoms with E-state index in [0.29, 0.717) is 5.92 Å². The SMILES string of the molecule is CCNC(=NCC(C)C)NCCCn1cnc2ccccc21.I. The van der Waals surface area contributed by atoms with Gasteiger partial charge in [-0.2, -0.15) is 0 Å². The lowest BCUT2D eigenvalue weighted by molar-refractivity contribution is 0.628. The van der Waals surface area contributed by atoms with E-state index < -0.39 is 0 Å². The van der Waals surface area contributed by atoms with Crippen LogP contribution in [0.15, 0.2) is 35.6 Å². The summed E-state index contributed by atoms with van der Waals surface area (Å²) in [7, 11) is 0. The van der Waals surface area contributed by atoms with E-state index in [9.17, 15) is 0 Å². The number of hydrogen-bond donors (Lipinski definition) is 2. The van der Waals surface area contributed by atoms with Crippen LogP contribution >= 0.6 is 24.0 Å². The molecule has 0 aliphatic carbocycles. The smallest absolute Gasteiger partial charge is 0.191 e. The van der Waals surface area contributed by atoms with Crippen LogP contribution in [0.2, 0.25) is 0 Å². The van der Waals surface area contributed by atoms with E-state index in [1.165, 1.54) is 5.52 Å². The number of nitrogens with zero attached hydrogens (tertiary/aromatic N) is 3. The van der Waals surface area contributed by atoms with Gasteiger partial charge in [0.05, 0.1) is 17.4 Å². The van der Waals surface area contributed by atoms with Crippen molar-refractivity contribution in [3.63, 3.8) is 0 Å². The van der Waals surface area contributed by atoms with Crippen LogP contribution in [-0.4, -0.2) is 35.1 Å². The van der Waals surface area contributed by atoms with E-state index in [1.54, 1.807) is 0 Å². The lowest BCUT2D eigenvalue weighted by atomic mass is 10.2. The minimum absolute atomic E-state index is 0. The van der Waals surface area contributed by atoms with Gasteiger partial charge in [-0.15, -0.1) is 24.0 Å². The van der Waals surface area contributed by atoms with E-state index in [4.69, 9.17) is 0 Å². The number of aliphatic imine (C=N–C) groups is 1. The van der Waals surface area contributed by atoms with Crippen LogP contribution < -0.4 is 10.6 Å². The maximum atomic E-state index is 4.57. The summed E-state index contributed by atoms with van der Waals surface area (Å²) >= 11 is 0. The summed E-state index contributed by atoms with van der Waals surface area (Å²) in [6, 6.07) is 8.24. The number of halogens is 1. The summed E-state index contributed by atoms with van der Waals surface area (Å²) in [6.45, 7) is 10.0. The Hall–Kier alpha value is -1.31. The number of aromatic nitrogens is 2. The first kappa shape index (κ1) is 19.7. The van der Waals surface area contributed by atoms with Crippen LogP contribution in [0.4, 0.5) is 0 Å². The first-order valence-electron chi connectivity index (χ1n) is 8.12. The van der Waals surface area contributed by atoms with Gasteiger partial charge in [0.15, 0.2) is 5.96 Å². The van der Waals surface area contributed by atoms with Gasteiger partial charge in [-0.3, -0.25) is 4.99 Å². The van der Waals surface area contributed by atoms with Gasteiger partial charge in [0.25, 0.3) is 0 Å². The first-order chi connectivity index (χ1) is 10.7. The Balaban J connectivity index is 0.00000264. The molecule has 5 nitrogen and oxygen atoms in total. The second-order valence-corrected chi connectivity index (χ2v) is 5.82. The summed E-state index contributed by atoms with van der Waals surface area (Å²) in [6.07, 6.45) is 2.95. The lowest BCUT2D eigenvalue weighted by Crippen LogP contribution is -2.38. The van der Waals surface area contributed by atoms with Crippen molar-refractivity contribution < 1.29 is 0 Å². The van der Waals surface area contributed by atoms with Crippen molar-refractivity contribution in [1.82, 2.24) is 20.2 Å². The molecule has 6 heteroatoms. The minimum atomic E-state index is 0. The van der Waals surface area contributed by atoms with Crippen molar-refractivity contribution in [2.75, 3.05) is 19.6 Å². The molecule has 23 heavy (non-hydrogen) atoms. The Bertz CT molecular complexity index is 606. The molecule has 1 heterocycles. The summed E-state index contributed by atoms with van der Waals surface area (Å²) in [5, 5.41) is 6.67. The summed E-state index contributed by atoms with van der Waals surface area (Å²) in [5.74, 6) is 1.49. The number of hydrogen-bond acceptors (Lipinski definition) is 2. The molecule has 0 aliphatic rings.